The zero-order valence-corrected chi connectivity index (χ0v) is 11.0. The van der Waals surface area contributed by atoms with Gasteiger partial charge in [0.2, 0.25) is 0 Å². The predicted molar refractivity (Wildman–Crippen MR) is 69.2 cm³/mol. The molecule has 2 fully saturated rings. The van der Waals surface area contributed by atoms with Crippen molar-refractivity contribution in [3.05, 3.63) is 0 Å². The Morgan fingerprint density at radius 1 is 0.882 bits per heavy atom. The third kappa shape index (κ3) is 5.36. The second kappa shape index (κ2) is 8.06. The van der Waals surface area contributed by atoms with Crippen molar-refractivity contribution in [1.29, 1.82) is 0 Å². The van der Waals surface area contributed by atoms with Gasteiger partial charge in [0.1, 0.15) is 0 Å². The zero-order chi connectivity index (χ0) is 11.8. The molecule has 0 bridgehead atoms. The number of hydrogen-bond donors (Lipinski definition) is 1. The molecule has 17 heavy (non-hydrogen) atoms. The topological polar surface area (TPSA) is 30.5 Å². The van der Waals surface area contributed by atoms with Gasteiger partial charge >= 0.3 is 0 Å². The largest absolute Gasteiger partial charge is 0.381 e. The highest BCUT2D eigenvalue weighted by Crippen LogP contribution is 2.20. The second-order valence-corrected chi connectivity index (χ2v) is 5.49. The molecule has 3 nitrogen and oxygen atoms in total. The van der Waals surface area contributed by atoms with Crippen molar-refractivity contribution in [3.8, 4) is 0 Å². The van der Waals surface area contributed by atoms with Crippen LogP contribution < -0.4 is 5.32 Å². The van der Waals surface area contributed by atoms with Crippen LogP contribution >= 0.6 is 0 Å². The van der Waals surface area contributed by atoms with Gasteiger partial charge in [0.15, 0.2) is 0 Å². The lowest BCUT2D eigenvalue weighted by Gasteiger charge is -2.21. The van der Waals surface area contributed by atoms with Gasteiger partial charge in [-0.05, 0) is 44.1 Å². The Morgan fingerprint density at radius 2 is 1.65 bits per heavy atom. The minimum Gasteiger partial charge on any atom is -0.381 e. The zero-order valence-electron chi connectivity index (χ0n) is 11.0. The van der Waals surface area contributed by atoms with Crippen LogP contribution in [0.25, 0.3) is 0 Å². The van der Waals surface area contributed by atoms with Crippen LogP contribution in [-0.4, -0.2) is 39.5 Å². The standard InChI is InChI=1S/C14H27NO2/c1(3-13-4-8-16-9-5-13)2-7-15-11-14-6-10-17-12-14/h13-15H,1-12H2. The lowest BCUT2D eigenvalue weighted by atomic mass is 9.94. The van der Waals surface area contributed by atoms with E-state index >= 15 is 0 Å². The Hall–Kier alpha value is -0.120. The van der Waals surface area contributed by atoms with Gasteiger partial charge in [0.05, 0.1) is 6.61 Å². The van der Waals surface area contributed by atoms with Crippen molar-refractivity contribution < 1.29 is 9.47 Å². The molecule has 3 heteroatoms. The van der Waals surface area contributed by atoms with Crippen molar-refractivity contribution in [2.45, 2.75) is 38.5 Å². The summed E-state index contributed by atoms with van der Waals surface area (Å²) in [6.45, 7) is 6.25. The molecular weight excluding hydrogens is 214 g/mol. The summed E-state index contributed by atoms with van der Waals surface area (Å²) in [6.07, 6.45) is 7.91. The quantitative estimate of drug-likeness (QED) is 0.693. The number of rotatable bonds is 7. The molecule has 0 amide bonds. The fraction of sp³-hybridized carbons (Fsp3) is 1.00. The van der Waals surface area contributed by atoms with Crippen molar-refractivity contribution in [3.63, 3.8) is 0 Å². The molecule has 2 heterocycles. The van der Waals surface area contributed by atoms with Gasteiger partial charge in [-0.15, -0.1) is 0 Å². The highest BCUT2D eigenvalue weighted by atomic mass is 16.5. The molecule has 0 spiro atoms. The molecule has 0 aromatic rings. The third-order valence-electron chi connectivity index (χ3n) is 4.01. The lowest BCUT2D eigenvalue weighted by molar-refractivity contribution is 0.0631. The molecule has 0 aromatic carbocycles. The summed E-state index contributed by atoms with van der Waals surface area (Å²) < 4.78 is 10.7. The van der Waals surface area contributed by atoms with E-state index in [4.69, 9.17) is 9.47 Å². The average Bonchev–Trinajstić information content (AvgIpc) is 2.88. The molecule has 2 aliphatic heterocycles. The summed E-state index contributed by atoms with van der Waals surface area (Å²) in [5, 5.41) is 3.56. The average molecular weight is 241 g/mol. The predicted octanol–water partition coefficient (Wildman–Crippen LogP) is 2.21. The minimum atomic E-state index is 0.769. The van der Waals surface area contributed by atoms with E-state index in [9.17, 15) is 0 Å². The highest BCUT2D eigenvalue weighted by molar-refractivity contribution is 4.67. The van der Waals surface area contributed by atoms with Gasteiger partial charge < -0.3 is 14.8 Å². The van der Waals surface area contributed by atoms with Gasteiger partial charge in [-0.3, -0.25) is 0 Å². The first-order chi connectivity index (χ1) is 8.45. The van der Waals surface area contributed by atoms with Crippen LogP contribution in [-0.2, 0) is 9.47 Å². The Labute approximate surface area is 105 Å². The maximum Gasteiger partial charge on any atom is 0.0507 e. The maximum absolute atomic E-state index is 5.38. The summed E-state index contributed by atoms with van der Waals surface area (Å²) in [5.41, 5.74) is 0. The highest BCUT2D eigenvalue weighted by Gasteiger charge is 2.15. The van der Waals surface area contributed by atoms with Crippen LogP contribution in [0.15, 0.2) is 0 Å². The molecule has 1 atom stereocenters. The molecule has 1 N–H and O–H groups in total. The number of nitrogens with one attached hydrogen (secondary N) is 1. The Kier molecular flexibility index (Phi) is 6.32. The van der Waals surface area contributed by atoms with E-state index in [1.807, 2.05) is 0 Å². The van der Waals surface area contributed by atoms with E-state index in [0.717, 1.165) is 44.8 Å². The monoisotopic (exact) mass is 241 g/mol. The minimum absolute atomic E-state index is 0.769. The molecule has 2 aliphatic rings. The molecule has 0 aliphatic carbocycles. The van der Waals surface area contributed by atoms with Crippen molar-refractivity contribution in [1.82, 2.24) is 5.32 Å². The van der Waals surface area contributed by atoms with E-state index in [1.54, 1.807) is 0 Å². The molecular formula is C14H27NO2. The number of hydrogen-bond acceptors (Lipinski definition) is 3. The van der Waals surface area contributed by atoms with Crippen molar-refractivity contribution in [2.24, 2.45) is 11.8 Å². The molecule has 100 valence electrons. The first-order valence-electron chi connectivity index (χ1n) is 7.31. The van der Waals surface area contributed by atoms with E-state index in [1.165, 1.54) is 45.1 Å². The fourth-order valence-electron chi connectivity index (χ4n) is 2.77. The SMILES string of the molecule is C(CCC1CCOCC1)CNCC1CCOC1. The van der Waals surface area contributed by atoms with Gasteiger partial charge in [0.25, 0.3) is 0 Å². The lowest BCUT2D eigenvalue weighted by Crippen LogP contribution is -2.24. The van der Waals surface area contributed by atoms with Crippen molar-refractivity contribution >= 4 is 0 Å². The summed E-state index contributed by atoms with van der Waals surface area (Å²) in [7, 11) is 0. The van der Waals surface area contributed by atoms with Gasteiger partial charge in [-0.2, -0.15) is 0 Å². The Balaban J connectivity index is 1.38. The molecule has 0 aromatic heterocycles. The van der Waals surface area contributed by atoms with E-state index in [-0.39, 0.29) is 0 Å². The molecule has 0 saturated carbocycles. The number of unbranched alkanes of at least 4 members (excludes halogenated alkanes) is 1. The van der Waals surface area contributed by atoms with E-state index < -0.39 is 0 Å². The molecule has 2 rings (SSSR count). The van der Waals surface area contributed by atoms with Gasteiger partial charge in [0, 0.05) is 26.4 Å². The summed E-state index contributed by atoms with van der Waals surface area (Å²) in [6, 6.07) is 0. The first-order valence-corrected chi connectivity index (χ1v) is 7.31. The van der Waals surface area contributed by atoms with Crippen LogP contribution in [0.4, 0.5) is 0 Å². The fourth-order valence-corrected chi connectivity index (χ4v) is 2.77. The van der Waals surface area contributed by atoms with Crippen LogP contribution in [0, 0.1) is 11.8 Å². The number of ether oxygens (including phenoxy) is 2. The third-order valence-corrected chi connectivity index (χ3v) is 4.01. The first kappa shape index (κ1) is 13.3. The van der Waals surface area contributed by atoms with Crippen LogP contribution in [0.3, 0.4) is 0 Å². The molecule has 2 saturated heterocycles. The summed E-state index contributed by atoms with van der Waals surface area (Å²) in [4.78, 5) is 0. The van der Waals surface area contributed by atoms with Crippen molar-refractivity contribution in [2.75, 3.05) is 39.5 Å². The summed E-state index contributed by atoms with van der Waals surface area (Å²) >= 11 is 0. The maximum atomic E-state index is 5.38. The Bertz CT molecular complexity index is 187. The second-order valence-electron chi connectivity index (χ2n) is 5.49. The van der Waals surface area contributed by atoms with E-state index in [0.29, 0.717) is 0 Å². The Morgan fingerprint density at radius 3 is 2.41 bits per heavy atom. The van der Waals surface area contributed by atoms with Crippen LogP contribution in [0.2, 0.25) is 0 Å². The molecule has 1 unspecified atom stereocenters. The summed E-state index contributed by atoms with van der Waals surface area (Å²) in [5.74, 6) is 1.71. The molecule has 0 radical (unpaired) electrons. The van der Waals surface area contributed by atoms with Crippen LogP contribution in [0.1, 0.15) is 38.5 Å². The van der Waals surface area contributed by atoms with Gasteiger partial charge in [-0.1, -0.05) is 12.8 Å². The van der Waals surface area contributed by atoms with Gasteiger partial charge in [-0.25, -0.2) is 0 Å². The van der Waals surface area contributed by atoms with Crippen LogP contribution in [0.5, 0.6) is 0 Å². The normalized spacial score (nSPS) is 26.5. The van der Waals surface area contributed by atoms with E-state index in [2.05, 4.69) is 5.32 Å². The smallest absolute Gasteiger partial charge is 0.0507 e.